The summed E-state index contributed by atoms with van der Waals surface area (Å²) in [4.78, 5) is 16.9. The second-order valence-corrected chi connectivity index (χ2v) is 5.86. The Bertz CT molecular complexity index is 737. The Balaban J connectivity index is 1.76. The molecule has 0 aliphatic rings. The first-order valence-corrected chi connectivity index (χ1v) is 7.51. The lowest BCUT2D eigenvalue weighted by Crippen LogP contribution is -2.28. The van der Waals surface area contributed by atoms with Gasteiger partial charge >= 0.3 is 0 Å². The minimum atomic E-state index is -0.175. The number of fused-ring (bicyclic) bond motifs is 1. The monoisotopic (exact) mass is 305 g/mol. The number of anilines is 1. The molecule has 3 rings (SSSR count). The van der Waals surface area contributed by atoms with Gasteiger partial charge in [-0.3, -0.25) is 15.6 Å². The molecule has 5 nitrogen and oxygen atoms in total. The van der Waals surface area contributed by atoms with Gasteiger partial charge in [0.15, 0.2) is 0 Å². The Labute approximate surface area is 123 Å². The fraction of sp³-hybridized carbons (Fsp3) is 0.0769. The highest BCUT2D eigenvalue weighted by Gasteiger charge is 2.10. The van der Waals surface area contributed by atoms with E-state index in [1.807, 2.05) is 29.6 Å². The SMILES string of the molecule is COc1cccc2sc(NNC(=O)c3cccs3)nc12. The van der Waals surface area contributed by atoms with Crippen LogP contribution in [0.2, 0.25) is 0 Å². The highest BCUT2D eigenvalue weighted by atomic mass is 32.1. The summed E-state index contributed by atoms with van der Waals surface area (Å²) in [7, 11) is 1.61. The summed E-state index contributed by atoms with van der Waals surface area (Å²) in [6.07, 6.45) is 0. The lowest BCUT2D eigenvalue weighted by atomic mass is 10.3. The van der Waals surface area contributed by atoms with Crippen LogP contribution >= 0.6 is 22.7 Å². The predicted octanol–water partition coefficient (Wildman–Crippen LogP) is 3.12. The number of hydrogen-bond acceptors (Lipinski definition) is 6. The molecule has 0 radical (unpaired) electrons. The van der Waals surface area contributed by atoms with Crippen molar-refractivity contribution in [1.29, 1.82) is 0 Å². The summed E-state index contributed by atoms with van der Waals surface area (Å²) in [5.74, 6) is 0.544. The second-order valence-electron chi connectivity index (χ2n) is 3.88. The van der Waals surface area contributed by atoms with Crippen LogP contribution < -0.4 is 15.6 Å². The summed E-state index contributed by atoms with van der Waals surface area (Å²) in [5.41, 5.74) is 6.25. The van der Waals surface area contributed by atoms with Crippen molar-refractivity contribution in [2.45, 2.75) is 0 Å². The lowest BCUT2D eigenvalue weighted by Gasteiger charge is -2.02. The second kappa shape index (κ2) is 5.48. The van der Waals surface area contributed by atoms with E-state index in [2.05, 4.69) is 15.8 Å². The molecule has 2 heterocycles. The topological polar surface area (TPSA) is 63.2 Å². The third-order valence-corrected chi connectivity index (χ3v) is 4.43. The van der Waals surface area contributed by atoms with Gasteiger partial charge in [0.2, 0.25) is 5.13 Å². The molecule has 0 spiro atoms. The summed E-state index contributed by atoms with van der Waals surface area (Å²) in [6.45, 7) is 0. The summed E-state index contributed by atoms with van der Waals surface area (Å²) < 4.78 is 6.25. The Kier molecular flexibility index (Phi) is 3.53. The maximum absolute atomic E-state index is 11.8. The molecule has 1 amide bonds. The largest absolute Gasteiger partial charge is 0.494 e. The van der Waals surface area contributed by atoms with Crippen molar-refractivity contribution in [3.8, 4) is 5.75 Å². The van der Waals surface area contributed by atoms with Crippen molar-refractivity contribution in [1.82, 2.24) is 10.4 Å². The number of hydrazine groups is 1. The van der Waals surface area contributed by atoms with Gasteiger partial charge in [-0.1, -0.05) is 23.5 Å². The normalized spacial score (nSPS) is 10.4. The standard InChI is InChI=1S/C13H11N3O2S2/c1-18-8-4-2-5-9-11(8)14-13(20-9)16-15-12(17)10-6-3-7-19-10/h2-7H,1H3,(H,14,16)(H,15,17). The molecule has 7 heteroatoms. The molecule has 0 unspecified atom stereocenters. The molecule has 2 N–H and O–H groups in total. The van der Waals surface area contributed by atoms with Crippen molar-refractivity contribution in [2.24, 2.45) is 0 Å². The van der Waals surface area contributed by atoms with Crippen LogP contribution in [0, 0.1) is 0 Å². The molecule has 0 saturated heterocycles. The first-order chi connectivity index (χ1) is 9.78. The molecule has 0 aliphatic heterocycles. The smallest absolute Gasteiger partial charge is 0.279 e. The van der Waals surface area contributed by atoms with Crippen molar-refractivity contribution < 1.29 is 9.53 Å². The molecule has 0 fully saturated rings. The summed E-state index contributed by atoms with van der Waals surface area (Å²) >= 11 is 2.84. The van der Waals surface area contributed by atoms with Crippen LogP contribution in [0.3, 0.4) is 0 Å². The van der Waals surface area contributed by atoms with Crippen LogP contribution in [-0.4, -0.2) is 18.0 Å². The highest BCUT2D eigenvalue weighted by Crippen LogP contribution is 2.31. The zero-order chi connectivity index (χ0) is 13.9. The van der Waals surface area contributed by atoms with Crippen LogP contribution in [-0.2, 0) is 0 Å². The molecule has 0 saturated carbocycles. The van der Waals surface area contributed by atoms with Gasteiger partial charge in [-0.15, -0.1) is 11.3 Å². The van der Waals surface area contributed by atoms with E-state index in [4.69, 9.17) is 4.74 Å². The van der Waals surface area contributed by atoms with E-state index < -0.39 is 0 Å². The number of nitrogens with one attached hydrogen (secondary N) is 2. The number of thiophene rings is 1. The van der Waals surface area contributed by atoms with E-state index in [0.717, 1.165) is 16.0 Å². The number of rotatable bonds is 4. The average molecular weight is 305 g/mol. The molecule has 2 aromatic heterocycles. The Morgan fingerprint density at radius 3 is 2.95 bits per heavy atom. The number of carbonyl (C=O) groups excluding carboxylic acids is 1. The van der Waals surface area contributed by atoms with Gasteiger partial charge < -0.3 is 4.74 Å². The third kappa shape index (κ3) is 2.45. The molecule has 20 heavy (non-hydrogen) atoms. The zero-order valence-corrected chi connectivity index (χ0v) is 12.2. The van der Waals surface area contributed by atoms with Gasteiger partial charge in [0.25, 0.3) is 5.91 Å². The van der Waals surface area contributed by atoms with Crippen molar-refractivity contribution in [3.63, 3.8) is 0 Å². The molecule has 0 bridgehead atoms. The van der Waals surface area contributed by atoms with Gasteiger partial charge in [0.05, 0.1) is 16.7 Å². The minimum Gasteiger partial charge on any atom is -0.494 e. The molecular formula is C13H11N3O2S2. The summed E-state index contributed by atoms with van der Waals surface area (Å²) in [6, 6.07) is 9.33. The average Bonchev–Trinajstić information content (AvgIpc) is 3.12. The number of ether oxygens (including phenoxy) is 1. The van der Waals surface area contributed by atoms with Crippen LogP contribution in [0.1, 0.15) is 9.67 Å². The van der Waals surface area contributed by atoms with Crippen LogP contribution in [0.15, 0.2) is 35.7 Å². The number of nitrogens with zero attached hydrogens (tertiary/aromatic N) is 1. The molecule has 102 valence electrons. The Hall–Kier alpha value is -2.12. The molecule has 3 aromatic rings. The highest BCUT2D eigenvalue weighted by molar-refractivity contribution is 7.22. The van der Waals surface area contributed by atoms with Crippen LogP contribution in [0.4, 0.5) is 5.13 Å². The third-order valence-electron chi connectivity index (χ3n) is 2.63. The van der Waals surface area contributed by atoms with Gasteiger partial charge in [-0.2, -0.15) is 0 Å². The molecule has 0 atom stereocenters. The molecule has 0 aliphatic carbocycles. The maximum Gasteiger partial charge on any atom is 0.279 e. The number of hydrogen-bond donors (Lipinski definition) is 2. The van der Waals surface area contributed by atoms with Gasteiger partial charge in [-0.05, 0) is 23.6 Å². The Morgan fingerprint density at radius 1 is 1.30 bits per heavy atom. The lowest BCUT2D eigenvalue weighted by molar-refractivity contribution is 0.0966. The minimum absolute atomic E-state index is 0.175. The number of amides is 1. The van der Waals surface area contributed by atoms with Crippen molar-refractivity contribution >= 4 is 43.9 Å². The predicted molar refractivity (Wildman–Crippen MR) is 81.6 cm³/mol. The first kappa shape index (κ1) is 12.9. The van der Waals surface area contributed by atoms with Crippen LogP contribution in [0.25, 0.3) is 10.2 Å². The number of thiazole rings is 1. The van der Waals surface area contributed by atoms with E-state index in [1.165, 1.54) is 22.7 Å². The van der Waals surface area contributed by atoms with Gasteiger partial charge in [0.1, 0.15) is 11.3 Å². The maximum atomic E-state index is 11.8. The van der Waals surface area contributed by atoms with E-state index in [0.29, 0.717) is 10.0 Å². The number of methoxy groups -OCH3 is 1. The number of carbonyl (C=O) groups is 1. The molecular weight excluding hydrogens is 294 g/mol. The molecule has 1 aromatic carbocycles. The van der Waals surface area contributed by atoms with Crippen molar-refractivity contribution in [3.05, 3.63) is 40.6 Å². The zero-order valence-electron chi connectivity index (χ0n) is 10.5. The first-order valence-electron chi connectivity index (χ1n) is 5.81. The van der Waals surface area contributed by atoms with Crippen molar-refractivity contribution in [2.75, 3.05) is 12.5 Å². The number of para-hydroxylation sites is 1. The van der Waals surface area contributed by atoms with E-state index in [1.54, 1.807) is 13.2 Å². The van der Waals surface area contributed by atoms with Crippen LogP contribution in [0.5, 0.6) is 5.75 Å². The quantitative estimate of drug-likeness (QED) is 0.727. The fourth-order valence-corrected chi connectivity index (χ4v) is 3.18. The summed E-state index contributed by atoms with van der Waals surface area (Å²) in [5, 5.41) is 2.48. The van der Waals surface area contributed by atoms with Gasteiger partial charge in [-0.25, -0.2) is 4.98 Å². The van der Waals surface area contributed by atoms with E-state index in [9.17, 15) is 4.79 Å². The Morgan fingerprint density at radius 2 is 2.20 bits per heavy atom. The number of aromatic nitrogens is 1. The van der Waals surface area contributed by atoms with E-state index >= 15 is 0 Å². The fourth-order valence-electron chi connectivity index (χ4n) is 1.72. The van der Waals surface area contributed by atoms with Gasteiger partial charge in [0, 0.05) is 0 Å². The van der Waals surface area contributed by atoms with E-state index in [-0.39, 0.29) is 5.91 Å². The number of benzene rings is 1.